The molecule has 0 aliphatic heterocycles. The van der Waals surface area contributed by atoms with E-state index in [2.05, 4.69) is 40.8 Å². The summed E-state index contributed by atoms with van der Waals surface area (Å²) in [7, 11) is 0. The van der Waals surface area contributed by atoms with Gasteiger partial charge in [0.25, 0.3) is 0 Å². The molecular weight excluding hydrogens is 411 g/mol. The lowest BCUT2D eigenvalue weighted by molar-refractivity contribution is 0.686. The third kappa shape index (κ3) is 6.20. The Morgan fingerprint density at radius 2 is 1.79 bits per heavy atom. The molecule has 0 aromatic heterocycles. The molecule has 0 saturated heterocycles. The van der Waals surface area contributed by atoms with E-state index < -0.39 is 0 Å². The van der Waals surface area contributed by atoms with Crippen molar-refractivity contribution in [3.8, 4) is 6.07 Å². The minimum atomic E-state index is 0. The van der Waals surface area contributed by atoms with Crippen LogP contribution in [-0.4, -0.2) is 12.5 Å². The first-order chi connectivity index (χ1) is 11.2. The van der Waals surface area contributed by atoms with Gasteiger partial charge in [-0.2, -0.15) is 5.26 Å². The van der Waals surface area contributed by atoms with Gasteiger partial charge in [0.05, 0.1) is 24.2 Å². The molecule has 1 atom stereocenters. The molecule has 126 valence electrons. The van der Waals surface area contributed by atoms with Gasteiger partial charge in [0, 0.05) is 6.54 Å². The van der Waals surface area contributed by atoms with E-state index in [4.69, 9.17) is 5.26 Å². The Balaban J connectivity index is 0.00000288. The van der Waals surface area contributed by atoms with Crippen LogP contribution in [0.4, 0.5) is 0 Å². The summed E-state index contributed by atoms with van der Waals surface area (Å²) >= 11 is 0. The molecule has 5 heteroatoms. The van der Waals surface area contributed by atoms with Crippen molar-refractivity contribution in [1.29, 1.82) is 5.26 Å². The maximum Gasteiger partial charge on any atom is 0.192 e. The third-order valence-corrected chi connectivity index (χ3v) is 3.50. The first-order valence-corrected chi connectivity index (χ1v) is 7.81. The molecule has 2 aromatic rings. The molecule has 2 rings (SSSR count). The van der Waals surface area contributed by atoms with Gasteiger partial charge in [-0.15, -0.1) is 24.0 Å². The molecule has 0 heterocycles. The molecule has 2 aromatic carbocycles. The lowest BCUT2D eigenvalue weighted by atomic mass is 10.1. The largest absolute Gasteiger partial charge is 0.357 e. The van der Waals surface area contributed by atoms with Crippen molar-refractivity contribution in [3.05, 3.63) is 71.3 Å². The predicted octanol–water partition coefficient (Wildman–Crippen LogP) is 3.99. The molecular formula is C19H23IN4. The van der Waals surface area contributed by atoms with Crippen LogP contribution in [0, 0.1) is 11.3 Å². The van der Waals surface area contributed by atoms with E-state index in [9.17, 15) is 0 Å². The molecule has 0 aliphatic rings. The zero-order valence-electron chi connectivity index (χ0n) is 14.0. The Morgan fingerprint density at radius 1 is 1.12 bits per heavy atom. The zero-order valence-corrected chi connectivity index (χ0v) is 16.3. The summed E-state index contributed by atoms with van der Waals surface area (Å²) in [5.41, 5.74) is 2.96. The maximum absolute atomic E-state index is 8.83. The highest BCUT2D eigenvalue weighted by Crippen LogP contribution is 2.11. The van der Waals surface area contributed by atoms with E-state index in [0.717, 1.165) is 18.1 Å². The lowest BCUT2D eigenvalue weighted by Crippen LogP contribution is -2.38. The molecule has 4 nitrogen and oxygen atoms in total. The molecule has 0 bridgehead atoms. The summed E-state index contributed by atoms with van der Waals surface area (Å²) in [6.07, 6.45) is 0. The molecule has 0 radical (unpaired) electrons. The first-order valence-electron chi connectivity index (χ1n) is 7.81. The number of nitrogens with zero attached hydrogens (tertiary/aromatic N) is 2. The zero-order chi connectivity index (χ0) is 16.5. The van der Waals surface area contributed by atoms with Gasteiger partial charge in [-0.25, -0.2) is 4.99 Å². The van der Waals surface area contributed by atoms with Crippen molar-refractivity contribution < 1.29 is 0 Å². The van der Waals surface area contributed by atoms with Crippen LogP contribution >= 0.6 is 24.0 Å². The van der Waals surface area contributed by atoms with Gasteiger partial charge in [0.2, 0.25) is 0 Å². The van der Waals surface area contributed by atoms with Gasteiger partial charge >= 0.3 is 0 Å². The molecule has 0 fully saturated rings. The number of nitrogens with one attached hydrogen (secondary N) is 2. The minimum Gasteiger partial charge on any atom is -0.357 e. The van der Waals surface area contributed by atoms with Crippen LogP contribution in [0.2, 0.25) is 0 Å². The molecule has 1 unspecified atom stereocenters. The van der Waals surface area contributed by atoms with Gasteiger partial charge in [0.1, 0.15) is 0 Å². The van der Waals surface area contributed by atoms with Crippen molar-refractivity contribution in [2.24, 2.45) is 4.99 Å². The van der Waals surface area contributed by atoms with Crippen LogP contribution in [-0.2, 0) is 6.54 Å². The Labute approximate surface area is 161 Å². The van der Waals surface area contributed by atoms with Crippen molar-refractivity contribution in [2.75, 3.05) is 6.54 Å². The number of rotatable bonds is 5. The number of hydrogen-bond acceptors (Lipinski definition) is 2. The van der Waals surface area contributed by atoms with Gasteiger partial charge in [-0.05, 0) is 37.1 Å². The fourth-order valence-electron chi connectivity index (χ4n) is 2.21. The van der Waals surface area contributed by atoms with Crippen molar-refractivity contribution in [3.63, 3.8) is 0 Å². The third-order valence-electron chi connectivity index (χ3n) is 3.50. The van der Waals surface area contributed by atoms with Crippen molar-refractivity contribution in [1.82, 2.24) is 10.6 Å². The van der Waals surface area contributed by atoms with E-state index in [1.54, 1.807) is 0 Å². The second-order valence-electron chi connectivity index (χ2n) is 5.28. The average molecular weight is 434 g/mol. The Kier molecular flexibility index (Phi) is 8.87. The number of nitriles is 1. The minimum absolute atomic E-state index is 0. The highest BCUT2D eigenvalue weighted by atomic mass is 127. The number of aliphatic imine (C=N–C) groups is 1. The van der Waals surface area contributed by atoms with Gasteiger partial charge in [0.15, 0.2) is 5.96 Å². The highest BCUT2D eigenvalue weighted by molar-refractivity contribution is 14.0. The fourth-order valence-corrected chi connectivity index (χ4v) is 2.21. The van der Waals surface area contributed by atoms with Crippen LogP contribution in [0.25, 0.3) is 0 Å². The van der Waals surface area contributed by atoms with E-state index in [1.807, 2.05) is 49.4 Å². The van der Waals surface area contributed by atoms with Crippen LogP contribution < -0.4 is 10.6 Å². The highest BCUT2D eigenvalue weighted by Gasteiger charge is 2.06. The summed E-state index contributed by atoms with van der Waals surface area (Å²) in [4.78, 5) is 4.62. The normalized spacial score (nSPS) is 11.8. The Hall–Kier alpha value is -2.07. The number of hydrogen-bond donors (Lipinski definition) is 2. The maximum atomic E-state index is 8.83. The number of guanidine groups is 1. The Bertz CT molecular complexity index is 675. The summed E-state index contributed by atoms with van der Waals surface area (Å²) < 4.78 is 0. The monoisotopic (exact) mass is 434 g/mol. The standard InChI is InChI=1S/C19H22N4.HI/c1-3-21-19(23-15(2)18-7-5-4-6-8-18)22-14-17-11-9-16(13-20)10-12-17;/h4-12,15H,3,14H2,1-2H3,(H2,21,22,23);1H. The number of halogens is 1. The summed E-state index contributed by atoms with van der Waals surface area (Å²) in [6, 6.07) is 20.1. The predicted molar refractivity (Wildman–Crippen MR) is 109 cm³/mol. The average Bonchev–Trinajstić information content (AvgIpc) is 2.61. The van der Waals surface area contributed by atoms with Crippen LogP contribution in [0.3, 0.4) is 0 Å². The molecule has 0 saturated carbocycles. The van der Waals surface area contributed by atoms with Gasteiger partial charge < -0.3 is 10.6 Å². The van der Waals surface area contributed by atoms with E-state index in [1.165, 1.54) is 5.56 Å². The molecule has 0 amide bonds. The van der Waals surface area contributed by atoms with Crippen molar-refractivity contribution in [2.45, 2.75) is 26.4 Å². The molecule has 24 heavy (non-hydrogen) atoms. The summed E-state index contributed by atoms with van der Waals surface area (Å²) in [6.45, 7) is 5.54. The second kappa shape index (κ2) is 10.7. The lowest BCUT2D eigenvalue weighted by Gasteiger charge is -2.18. The van der Waals surface area contributed by atoms with Gasteiger partial charge in [-0.3, -0.25) is 0 Å². The Morgan fingerprint density at radius 3 is 2.38 bits per heavy atom. The molecule has 2 N–H and O–H groups in total. The van der Waals surface area contributed by atoms with Crippen molar-refractivity contribution >= 4 is 29.9 Å². The quantitative estimate of drug-likeness (QED) is 0.425. The van der Waals surface area contributed by atoms with Gasteiger partial charge in [-0.1, -0.05) is 42.5 Å². The summed E-state index contributed by atoms with van der Waals surface area (Å²) in [5, 5.41) is 15.5. The van der Waals surface area contributed by atoms with Crippen LogP contribution in [0.15, 0.2) is 59.6 Å². The second-order valence-corrected chi connectivity index (χ2v) is 5.28. The van der Waals surface area contributed by atoms with Crippen LogP contribution in [0.5, 0.6) is 0 Å². The van der Waals surface area contributed by atoms with Crippen LogP contribution in [0.1, 0.15) is 36.6 Å². The number of benzene rings is 2. The first kappa shape index (κ1) is 20.0. The van der Waals surface area contributed by atoms with E-state index >= 15 is 0 Å². The van der Waals surface area contributed by atoms with E-state index in [0.29, 0.717) is 12.1 Å². The molecule has 0 aliphatic carbocycles. The smallest absolute Gasteiger partial charge is 0.192 e. The fraction of sp³-hybridized carbons (Fsp3) is 0.263. The molecule has 0 spiro atoms. The summed E-state index contributed by atoms with van der Waals surface area (Å²) in [5.74, 6) is 0.785. The SMILES string of the molecule is CCNC(=NCc1ccc(C#N)cc1)NC(C)c1ccccc1.I. The topological polar surface area (TPSA) is 60.2 Å². The van der Waals surface area contributed by atoms with E-state index in [-0.39, 0.29) is 30.0 Å².